The molecule has 4 aromatic rings. The molecule has 8 bridgehead atoms. The van der Waals surface area contributed by atoms with Gasteiger partial charge in [0.2, 0.25) is 5.60 Å². The fraction of sp³-hybridized carbons (Fsp3) is 0.679. The molecule has 24 nitrogen and oxygen atoms in total. The Morgan fingerprint density at radius 3 is 1.43 bits per heavy atom. The number of halogens is 3. The van der Waals surface area contributed by atoms with Gasteiger partial charge in [-0.3, -0.25) is 9.13 Å². The van der Waals surface area contributed by atoms with Crippen LogP contribution in [0.15, 0.2) is 12.7 Å². The molecule has 4 aromatic heterocycles. The van der Waals surface area contributed by atoms with Crippen molar-refractivity contribution < 1.29 is 75.7 Å². The third kappa shape index (κ3) is 12.8. The molecule has 0 aromatic carbocycles. The second kappa shape index (κ2) is 24.4. The lowest BCUT2D eigenvalue weighted by Gasteiger charge is -2.57. The maximum atomic E-state index is 13.9. The zero-order valence-corrected chi connectivity index (χ0v) is 47.0. The van der Waals surface area contributed by atoms with Crippen LogP contribution >= 0.6 is 11.6 Å². The molecule has 5 N–H and O–H groups in total. The molecule has 10 fully saturated rings. The van der Waals surface area contributed by atoms with Crippen LogP contribution in [0.2, 0.25) is 0 Å². The molecule has 2 aliphatic heterocycles. The molecule has 2 saturated heterocycles. The van der Waals surface area contributed by atoms with E-state index in [4.69, 9.17) is 73.8 Å². The highest BCUT2D eigenvalue weighted by atomic mass is 35.5. The Morgan fingerprint density at radius 2 is 1.04 bits per heavy atom. The first-order chi connectivity index (χ1) is 39.8. The summed E-state index contributed by atoms with van der Waals surface area (Å²) in [6.07, 6.45) is 22.7. The number of aromatic nitrogens is 8. The number of hydrogen-bond donors (Lipinski definition) is 3. The molecular formula is C56H69ClF2N10O14. The molecule has 14 rings (SSSR count). The van der Waals surface area contributed by atoms with Crippen molar-refractivity contribution in [1.82, 2.24) is 39.0 Å². The van der Waals surface area contributed by atoms with E-state index >= 15 is 0 Å². The van der Waals surface area contributed by atoms with Crippen molar-refractivity contribution in [2.24, 2.45) is 46.3 Å². The Morgan fingerprint density at radius 1 is 0.627 bits per heavy atom. The Kier molecular flexibility index (Phi) is 17.4. The van der Waals surface area contributed by atoms with E-state index in [1.165, 1.54) is 98.8 Å². The quantitative estimate of drug-likeness (QED) is 0.0330. The van der Waals surface area contributed by atoms with Crippen LogP contribution in [-0.4, -0.2) is 131 Å². The first-order valence-corrected chi connectivity index (χ1v) is 28.7. The lowest BCUT2D eigenvalue weighted by atomic mass is 9.49. The van der Waals surface area contributed by atoms with Gasteiger partial charge in [-0.05, 0) is 150 Å². The Bertz CT molecular complexity index is 3080. The van der Waals surface area contributed by atoms with Crippen molar-refractivity contribution in [3.8, 4) is 24.7 Å². The lowest BCUT2D eigenvalue weighted by molar-refractivity contribution is -0.107. The number of nitrogens with zero attached hydrogens (tertiary/aromatic N) is 8. The number of terminal acetylenes is 2. The first-order valence-electron chi connectivity index (χ1n) is 28.3. The van der Waals surface area contributed by atoms with E-state index in [2.05, 4.69) is 46.5 Å². The van der Waals surface area contributed by atoms with E-state index in [0.717, 1.165) is 48.3 Å². The average molecular weight is 1180 g/mol. The molecule has 448 valence electrons. The number of hydrogen-bond acceptors (Lipinski definition) is 22. The summed E-state index contributed by atoms with van der Waals surface area (Å²) in [4.78, 5) is 69.5. The van der Waals surface area contributed by atoms with Crippen LogP contribution in [0.5, 0.6) is 0 Å². The Labute approximate surface area is 482 Å². The number of nitrogens with two attached hydrogens (primary N) is 2. The monoisotopic (exact) mass is 1180 g/mol. The second-order valence-corrected chi connectivity index (χ2v) is 24.0. The van der Waals surface area contributed by atoms with Crippen LogP contribution in [0.25, 0.3) is 22.3 Å². The van der Waals surface area contributed by atoms with Crippen molar-refractivity contribution in [1.29, 1.82) is 0 Å². The maximum Gasteiger partial charge on any atom is 0.508 e. The van der Waals surface area contributed by atoms with E-state index in [-0.39, 0.29) is 65.4 Å². The number of nitrogen functional groups attached to an aromatic ring is 2. The maximum absolute atomic E-state index is 13.9. The normalized spacial score (nSPS) is 33.0. The third-order valence-corrected chi connectivity index (χ3v) is 18.3. The minimum Gasteiger partial charge on any atom is -0.454 e. The fourth-order valence-electron chi connectivity index (χ4n) is 15.5. The predicted octanol–water partition coefficient (Wildman–Crippen LogP) is 8.48. The first kappa shape index (κ1) is 59.3. The van der Waals surface area contributed by atoms with Gasteiger partial charge < -0.3 is 59.2 Å². The molecule has 10 aliphatic rings. The smallest absolute Gasteiger partial charge is 0.454 e. The average Bonchev–Trinajstić information content (AvgIpc) is 3.45. The van der Waals surface area contributed by atoms with Crippen molar-refractivity contribution in [2.45, 2.75) is 152 Å². The molecule has 8 saturated carbocycles. The Balaban J connectivity index is 0.000000170. The fourth-order valence-corrected chi connectivity index (χ4v) is 15.6. The van der Waals surface area contributed by atoms with Crippen molar-refractivity contribution in [3.05, 3.63) is 24.8 Å². The number of carbonyl (C=O) groups excluding carboxylic acids is 4. The zero-order valence-electron chi connectivity index (χ0n) is 46.3. The van der Waals surface area contributed by atoms with Crippen molar-refractivity contribution >= 4 is 69.5 Å². The van der Waals surface area contributed by atoms with Gasteiger partial charge in [0.05, 0.1) is 39.1 Å². The van der Waals surface area contributed by atoms with E-state index < -0.39 is 85.1 Å². The molecule has 0 spiro atoms. The van der Waals surface area contributed by atoms with Crippen molar-refractivity contribution in [2.75, 3.05) is 51.1 Å². The van der Waals surface area contributed by atoms with E-state index in [1.807, 2.05) is 0 Å². The predicted molar refractivity (Wildman–Crippen MR) is 288 cm³/mol. The van der Waals surface area contributed by atoms with Crippen LogP contribution in [-0.2, 0) is 42.6 Å². The number of imidazole rings is 2. The zero-order chi connectivity index (χ0) is 58.8. The van der Waals surface area contributed by atoms with Gasteiger partial charge in [0.25, 0.3) is 0 Å². The van der Waals surface area contributed by atoms with Gasteiger partial charge in [0.1, 0.15) is 31.8 Å². The lowest BCUT2D eigenvalue weighted by Crippen LogP contribution is -2.46. The molecule has 0 amide bonds. The summed E-state index contributed by atoms with van der Waals surface area (Å²) >= 11 is 4.72. The van der Waals surface area contributed by atoms with Gasteiger partial charge in [0.15, 0.2) is 45.7 Å². The highest BCUT2D eigenvalue weighted by Gasteiger charge is 2.55. The van der Waals surface area contributed by atoms with Gasteiger partial charge in [-0.15, -0.1) is 12.8 Å². The van der Waals surface area contributed by atoms with Crippen molar-refractivity contribution in [3.63, 3.8) is 0 Å². The number of aliphatic hydroxyl groups is 1. The molecule has 6 heterocycles. The summed E-state index contributed by atoms with van der Waals surface area (Å²) in [7, 11) is 0. The number of anilines is 2. The van der Waals surface area contributed by atoms with Crippen LogP contribution < -0.4 is 11.5 Å². The van der Waals surface area contributed by atoms with E-state index in [9.17, 15) is 33.1 Å². The van der Waals surface area contributed by atoms with E-state index in [0.29, 0.717) is 18.6 Å². The summed E-state index contributed by atoms with van der Waals surface area (Å²) in [6.45, 7) is 3.45. The minimum absolute atomic E-state index is 0.00439. The summed E-state index contributed by atoms with van der Waals surface area (Å²) in [5.74, 6) is 9.56. The molecule has 0 radical (unpaired) electrons. The van der Waals surface area contributed by atoms with Gasteiger partial charge in [-0.25, -0.2) is 29.1 Å². The van der Waals surface area contributed by atoms with Crippen LogP contribution in [0, 0.1) is 83.2 Å². The molecular weight excluding hydrogens is 1110 g/mol. The summed E-state index contributed by atoms with van der Waals surface area (Å²) in [5.41, 5.74) is 8.56. The highest BCUT2D eigenvalue weighted by molar-refractivity contribution is 6.61. The number of carbonyl (C=O) groups is 4. The summed E-state index contributed by atoms with van der Waals surface area (Å²) in [6, 6.07) is 0. The third-order valence-electron chi connectivity index (χ3n) is 18.1. The van der Waals surface area contributed by atoms with Crippen LogP contribution in [0.4, 0.5) is 39.6 Å². The standard InChI is InChI=1S/C28H34FN5O7.C25H30FN5O5.C3H5ClO2/c1-3-28(14-39-25(35)38-6-5-27-11-16-7-17(12-27)9-18(8-16)13-27)19(40-26(36)37-4-2)10-20(41-28)34-15-31-21-22(30)32-24(29)33-23(21)34;1-2-25(17(32)8-18(36-25)31-13-28-19-20(27)29-22(26)30-21(19)31)12-35-23(33)34-4-3-24-9-14-5-15(10-24)7-16(6-14)11-24;1-2-6-3(4)5/h1,15-20H,4-14H2,2H3,(H2,30,32,33);1,13-18,32H,3-12H2,(H2,27,29,30);2H2,1H3/t16?,17?,18?,19-,20+,27?,28+;14?,15?,16?,17-,18+,24?,25+;/m00./s1. The van der Waals surface area contributed by atoms with Gasteiger partial charge >= 0.3 is 36.1 Å². The number of fused-ring (bicyclic) bond motifs is 2. The molecule has 8 aliphatic carbocycles. The summed E-state index contributed by atoms with van der Waals surface area (Å²) < 4.78 is 78.7. The SMILES string of the molecule is C#C[C@]1(COC(=O)OCCC23CC4CC(CC(C4)C2)C3)O[C@@H](n2cnc3c(N)nc(F)nc32)C[C@@H]1O.C#C[C@]1(COC(=O)OCCC23CC4CC(CC(C4)C2)C3)O[C@@H](n2cnc3c(N)nc(F)nc32)C[C@@H]1OC(=O)OCC.CCOC(=O)Cl. The number of rotatable bonds is 15. The Hall–Kier alpha value is -6.87. The highest BCUT2D eigenvalue weighted by Crippen LogP contribution is 2.62. The number of aliphatic hydroxyl groups excluding tert-OH is 1. The minimum atomic E-state index is -1.69. The number of ether oxygens (including phenoxy) is 9. The topological polar surface area (TPSA) is 311 Å². The van der Waals surface area contributed by atoms with Crippen LogP contribution in [0.3, 0.4) is 0 Å². The largest absolute Gasteiger partial charge is 0.508 e. The second-order valence-electron chi connectivity index (χ2n) is 23.7. The molecule has 0 unspecified atom stereocenters. The van der Waals surface area contributed by atoms with Gasteiger partial charge in [0, 0.05) is 24.4 Å². The van der Waals surface area contributed by atoms with E-state index in [1.54, 1.807) is 13.8 Å². The summed E-state index contributed by atoms with van der Waals surface area (Å²) in [5, 5.41) is 10.7. The van der Waals surface area contributed by atoms with Crippen LogP contribution in [0.1, 0.15) is 129 Å². The molecule has 27 heteroatoms. The van der Waals surface area contributed by atoms with Gasteiger partial charge in [-0.2, -0.15) is 28.7 Å². The molecule has 6 atom stereocenters. The molecule has 83 heavy (non-hydrogen) atoms. The van der Waals surface area contributed by atoms with Gasteiger partial charge in [-0.1, -0.05) is 11.8 Å².